The second kappa shape index (κ2) is 7.43. The molecule has 0 bridgehead atoms. The first-order chi connectivity index (χ1) is 9.77. The lowest BCUT2D eigenvalue weighted by atomic mass is 10.1. The van der Waals surface area contributed by atoms with E-state index in [4.69, 9.17) is 5.11 Å². The lowest BCUT2D eigenvalue weighted by molar-refractivity contribution is -0.143. The lowest BCUT2D eigenvalue weighted by Gasteiger charge is -2.26. The first kappa shape index (κ1) is 17.5. The van der Waals surface area contributed by atoms with Crippen LogP contribution in [0.25, 0.3) is 0 Å². The van der Waals surface area contributed by atoms with E-state index in [1.807, 2.05) is 6.92 Å². The molecule has 1 aliphatic rings. The van der Waals surface area contributed by atoms with Crippen molar-refractivity contribution in [2.45, 2.75) is 46.1 Å². The molecule has 3 atom stereocenters. The topological polar surface area (TPSA) is 77.9 Å². The van der Waals surface area contributed by atoms with Crippen molar-refractivity contribution in [3.63, 3.8) is 0 Å². The number of carbonyl (C=O) groups excluding carboxylic acids is 2. The minimum Gasteiger partial charge on any atom is -0.481 e. The van der Waals surface area contributed by atoms with Gasteiger partial charge in [0.25, 0.3) is 0 Å². The van der Waals surface area contributed by atoms with Crippen molar-refractivity contribution >= 4 is 17.8 Å². The van der Waals surface area contributed by atoms with E-state index in [1.54, 1.807) is 18.9 Å². The van der Waals surface area contributed by atoms with Crippen LogP contribution in [0.2, 0.25) is 0 Å². The zero-order valence-electron chi connectivity index (χ0n) is 13.3. The molecule has 6 heteroatoms. The van der Waals surface area contributed by atoms with E-state index < -0.39 is 11.9 Å². The number of nitrogens with zero attached hydrogens (tertiary/aromatic N) is 2. The highest BCUT2D eigenvalue weighted by molar-refractivity contribution is 5.89. The molecule has 0 spiro atoms. The van der Waals surface area contributed by atoms with Crippen LogP contribution in [0.5, 0.6) is 0 Å². The Morgan fingerprint density at radius 3 is 2.57 bits per heavy atom. The van der Waals surface area contributed by atoms with Gasteiger partial charge in [-0.3, -0.25) is 14.4 Å². The normalized spacial score (nSPS) is 21.2. The van der Waals surface area contributed by atoms with Gasteiger partial charge in [0.05, 0.1) is 11.8 Å². The zero-order valence-corrected chi connectivity index (χ0v) is 13.3. The molecule has 6 nitrogen and oxygen atoms in total. The lowest BCUT2D eigenvalue weighted by Crippen LogP contribution is -2.39. The van der Waals surface area contributed by atoms with Gasteiger partial charge in [-0.25, -0.2) is 0 Å². The molecule has 1 heterocycles. The van der Waals surface area contributed by atoms with Gasteiger partial charge >= 0.3 is 5.97 Å². The molecule has 1 fully saturated rings. The summed E-state index contributed by atoms with van der Waals surface area (Å²) in [5, 5.41) is 8.89. The van der Waals surface area contributed by atoms with Gasteiger partial charge in [-0.15, -0.1) is 0 Å². The number of carboxylic acids is 1. The number of hydrogen-bond acceptors (Lipinski definition) is 3. The van der Waals surface area contributed by atoms with Crippen LogP contribution < -0.4 is 0 Å². The molecular formula is C15H26N2O4. The van der Waals surface area contributed by atoms with Crippen molar-refractivity contribution in [3.8, 4) is 0 Å². The number of amides is 2. The molecule has 0 aromatic rings. The number of carboxylic acid groups (broad SMARTS) is 1. The van der Waals surface area contributed by atoms with Crippen molar-refractivity contribution in [3.05, 3.63) is 0 Å². The van der Waals surface area contributed by atoms with E-state index in [2.05, 4.69) is 6.92 Å². The van der Waals surface area contributed by atoms with E-state index in [0.29, 0.717) is 6.54 Å². The Labute approximate surface area is 126 Å². The summed E-state index contributed by atoms with van der Waals surface area (Å²) in [4.78, 5) is 38.4. The fraction of sp³-hybridized carbons (Fsp3) is 0.800. The van der Waals surface area contributed by atoms with Crippen LogP contribution in [0.1, 0.15) is 40.0 Å². The summed E-state index contributed by atoms with van der Waals surface area (Å²) in [6.07, 6.45) is 2.16. The van der Waals surface area contributed by atoms with Gasteiger partial charge in [0.1, 0.15) is 0 Å². The molecule has 0 radical (unpaired) electrons. The summed E-state index contributed by atoms with van der Waals surface area (Å²) in [6.45, 7) is 6.26. The fourth-order valence-electron chi connectivity index (χ4n) is 2.79. The minimum absolute atomic E-state index is 0.0222. The molecule has 1 saturated heterocycles. The Morgan fingerprint density at radius 1 is 1.43 bits per heavy atom. The maximum absolute atomic E-state index is 12.3. The smallest absolute Gasteiger partial charge is 0.308 e. The fourth-order valence-corrected chi connectivity index (χ4v) is 2.79. The molecule has 1 rings (SSSR count). The van der Waals surface area contributed by atoms with Crippen molar-refractivity contribution in [2.75, 3.05) is 20.1 Å². The molecule has 0 saturated carbocycles. The van der Waals surface area contributed by atoms with Crippen LogP contribution in [0.4, 0.5) is 0 Å². The van der Waals surface area contributed by atoms with Gasteiger partial charge in [0.2, 0.25) is 11.8 Å². The van der Waals surface area contributed by atoms with E-state index in [9.17, 15) is 14.4 Å². The number of carbonyl (C=O) groups is 3. The van der Waals surface area contributed by atoms with Crippen LogP contribution in [0, 0.1) is 11.8 Å². The average Bonchev–Trinajstić information content (AvgIpc) is 2.79. The van der Waals surface area contributed by atoms with Crippen LogP contribution in [-0.4, -0.2) is 58.9 Å². The first-order valence-electron chi connectivity index (χ1n) is 7.55. The Kier molecular flexibility index (Phi) is 6.18. The Balaban J connectivity index is 2.60. The molecule has 1 aliphatic heterocycles. The van der Waals surface area contributed by atoms with Crippen LogP contribution >= 0.6 is 0 Å². The van der Waals surface area contributed by atoms with Gasteiger partial charge in [0.15, 0.2) is 0 Å². The molecular weight excluding hydrogens is 272 g/mol. The predicted octanol–water partition coefficient (Wildman–Crippen LogP) is 1.20. The highest BCUT2D eigenvalue weighted by Gasteiger charge is 2.37. The molecule has 2 amide bonds. The van der Waals surface area contributed by atoms with Crippen molar-refractivity contribution in [2.24, 2.45) is 11.8 Å². The van der Waals surface area contributed by atoms with Crippen LogP contribution in [0.15, 0.2) is 0 Å². The summed E-state index contributed by atoms with van der Waals surface area (Å²) < 4.78 is 0. The molecule has 1 N–H and O–H groups in total. The summed E-state index contributed by atoms with van der Waals surface area (Å²) in [6, 6.07) is 0.156. The molecule has 21 heavy (non-hydrogen) atoms. The highest BCUT2D eigenvalue weighted by atomic mass is 16.4. The monoisotopic (exact) mass is 298 g/mol. The first-order valence-corrected chi connectivity index (χ1v) is 7.55. The summed E-state index contributed by atoms with van der Waals surface area (Å²) >= 11 is 0. The zero-order chi connectivity index (χ0) is 16.2. The van der Waals surface area contributed by atoms with Crippen LogP contribution in [0.3, 0.4) is 0 Å². The summed E-state index contributed by atoms with van der Waals surface area (Å²) in [5.74, 6) is -1.99. The maximum Gasteiger partial charge on any atom is 0.308 e. The molecule has 0 aliphatic carbocycles. The van der Waals surface area contributed by atoms with Gasteiger partial charge < -0.3 is 14.9 Å². The predicted molar refractivity (Wildman–Crippen MR) is 78.6 cm³/mol. The third kappa shape index (κ3) is 4.44. The van der Waals surface area contributed by atoms with Gasteiger partial charge in [-0.05, 0) is 13.3 Å². The quantitative estimate of drug-likeness (QED) is 0.766. The largest absolute Gasteiger partial charge is 0.481 e. The number of rotatable bonds is 7. The highest BCUT2D eigenvalue weighted by Crippen LogP contribution is 2.23. The summed E-state index contributed by atoms with van der Waals surface area (Å²) in [7, 11) is 1.60. The maximum atomic E-state index is 12.3. The van der Waals surface area contributed by atoms with E-state index in [-0.39, 0.29) is 36.7 Å². The molecule has 3 unspecified atom stereocenters. The Hall–Kier alpha value is -1.59. The van der Waals surface area contributed by atoms with Crippen LogP contribution in [-0.2, 0) is 14.4 Å². The molecule has 0 aromatic heterocycles. The third-order valence-electron chi connectivity index (χ3n) is 4.09. The van der Waals surface area contributed by atoms with Crippen molar-refractivity contribution < 1.29 is 19.5 Å². The minimum atomic E-state index is -0.921. The van der Waals surface area contributed by atoms with E-state index >= 15 is 0 Å². The Bertz CT molecular complexity index is 410. The SMILES string of the molecule is CCCC(C)N1CC(C(=O)N(C)CC(C)C(=O)O)CC1=O. The van der Waals surface area contributed by atoms with E-state index in [0.717, 1.165) is 12.8 Å². The van der Waals surface area contributed by atoms with Crippen molar-refractivity contribution in [1.82, 2.24) is 9.80 Å². The Morgan fingerprint density at radius 2 is 2.05 bits per heavy atom. The second-order valence-electron chi connectivity index (χ2n) is 6.04. The third-order valence-corrected chi connectivity index (χ3v) is 4.09. The molecule has 120 valence electrons. The van der Waals surface area contributed by atoms with E-state index in [1.165, 1.54) is 4.90 Å². The van der Waals surface area contributed by atoms with Gasteiger partial charge in [0, 0.05) is 32.6 Å². The average molecular weight is 298 g/mol. The number of likely N-dealkylation sites (tertiary alicyclic amines) is 1. The standard InChI is InChI=1S/C15H26N2O4/c1-5-6-11(3)17-9-12(7-13(17)18)14(19)16(4)8-10(2)15(20)21/h10-12H,5-9H2,1-4H3,(H,20,21). The molecule has 0 aromatic carbocycles. The summed E-state index contributed by atoms with van der Waals surface area (Å²) in [5.41, 5.74) is 0. The van der Waals surface area contributed by atoms with Gasteiger partial charge in [-0.1, -0.05) is 20.3 Å². The second-order valence-corrected chi connectivity index (χ2v) is 6.04. The van der Waals surface area contributed by atoms with Gasteiger partial charge in [-0.2, -0.15) is 0 Å². The van der Waals surface area contributed by atoms with Crippen molar-refractivity contribution in [1.29, 1.82) is 0 Å². The number of aliphatic carboxylic acids is 1. The number of hydrogen-bond donors (Lipinski definition) is 1.